The van der Waals surface area contributed by atoms with E-state index in [4.69, 9.17) is 4.74 Å². The number of quaternary nitrogens is 1. The number of aryl methyl sites for hydroxylation is 1. The lowest BCUT2D eigenvalue weighted by molar-refractivity contribution is -0.895. The van der Waals surface area contributed by atoms with E-state index in [1.165, 1.54) is 4.90 Å². The van der Waals surface area contributed by atoms with Crippen molar-refractivity contribution in [1.82, 2.24) is 9.88 Å². The number of benzene rings is 1. The van der Waals surface area contributed by atoms with Crippen LogP contribution in [0.2, 0.25) is 0 Å². The highest BCUT2D eigenvalue weighted by atomic mass is 16.5. The number of aromatic nitrogens is 1. The predicted molar refractivity (Wildman–Crippen MR) is 129 cm³/mol. The van der Waals surface area contributed by atoms with Gasteiger partial charge in [-0.3, -0.25) is 14.6 Å². The van der Waals surface area contributed by atoms with E-state index in [0.29, 0.717) is 42.5 Å². The molecule has 1 fully saturated rings. The first-order valence-electron chi connectivity index (χ1n) is 12.0. The van der Waals surface area contributed by atoms with Crippen molar-refractivity contribution in [1.29, 1.82) is 0 Å². The number of likely N-dealkylation sites (tertiary alicyclic amines) is 1. The number of amides is 1. The van der Waals surface area contributed by atoms with Crippen LogP contribution >= 0.6 is 0 Å². The van der Waals surface area contributed by atoms with Gasteiger partial charge in [-0.1, -0.05) is 25.7 Å². The third kappa shape index (κ3) is 5.47. The van der Waals surface area contributed by atoms with Crippen molar-refractivity contribution >= 4 is 17.4 Å². The Morgan fingerprint density at radius 2 is 1.82 bits per heavy atom. The minimum Gasteiger partial charge on any atom is -0.872 e. The zero-order valence-electron chi connectivity index (χ0n) is 20.8. The van der Waals surface area contributed by atoms with Gasteiger partial charge in [0.2, 0.25) is 5.78 Å². The first-order chi connectivity index (χ1) is 16.3. The number of nitrogens with one attached hydrogen (secondary N) is 1. The molecule has 1 N–H and O–H groups in total. The normalized spacial score (nSPS) is 17.7. The lowest BCUT2D eigenvalue weighted by Gasteiger charge is -2.28. The van der Waals surface area contributed by atoms with E-state index in [2.05, 4.69) is 32.7 Å². The van der Waals surface area contributed by atoms with E-state index in [-0.39, 0.29) is 5.57 Å². The predicted octanol–water partition coefficient (Wildman–Crippen LogP) is 1.57. The maximum atomic E-state index is 13.6. The summed E-state index contributed by atoms with van der Waals surface area (Å²) < 4.78 is 5.82. The fourth-order valence-electron chi connectivity index (χ4n) is 4.24. The maximum Gasteiger partial charge on any atom is 0.295 e. The van der Waals surface area contributed by atoms with E-state index >= 15 is 0 Å². The van der Waals surface area contributed by atoms with Crippen LogP contribution in [0.5, 0.6) is 5.75 Å². The van der Waals surface area contributed by atoms with Gasteiger partial charge >= 0.3 is 0 Å². The lowest BCUT2D eigenvalue weighted by Crippen LogP contribution is -3.12. The van der Waals surface area contributed by atoms with E-state index in [9.17, 15) is 14.7 Å². The number of carbonyl (C=O) groups excluding carboxylic acids is 2. The molecule has 182 valence electrons. The number of pyridine rings is 1. The monoisotopic (exact) mass is 465 g/mol. The summed E-state index contributed by atoms with van der Waals surface area (Å²) in [6.45, 7) is 13.7. The highest BCUT2D eigenvalue weighted by molar-refractivity contribution is 6.46. The van der Waals surface area contributed by atoms with E-state index in [1.807, 2.05) is 6.92 Å². The molecule has 1 aromatic heterocycles. The van der Waals surface area contributed by atoms with Crippen molar-refractivity contribution in [2.75, 3.05) is 32.8 Å². The first kappa shape index (κ1) is 25.4. The van der Waals surface area contributed by atoms with Crippen LogP contribution in [0.4, 0.5) is 0 Å². The fourth-order valence-corrected chi connectivity index (χ4v) is 4.24. The average Bonchev–Trinajstić information content (AvgIpc) is 3.08. The molecule has 2 heterocycles. The Kier molecular flexibility index (Phi) is 8.45. The summed E-state index contributed by atoms with van der Waals surface area (Å²) in [6.07, 6.45) is 3.23. The second-order valence-electron chi connectivity index (χ2n) is 9.15. The second kappa shape index (κ2) is 11.3. The Morgan fingerprint density at radius 1 is 1.15 bits per heavy atom. The summed E-state index contributed by atoms with van der Waals surface area (Å²) >= 11 is 0. The first-order valence-corrected chi connectivity index (χ1v) is 12.0. The Balaban J connectivity index is 2.02. The third-order valence-electron chi connectivity index (χ3n) is 6.27. The number of hydrogen-bond donors (Lipinski definition) is 1. The van der Waals surface area contributed by atoms with Gasteiger partial charge in [0.25, 0.3) is 5.91 Å². The van der Waals surface area contributed by atoms with Crippen LogP contribution in [-0.4, -0.2) is 54.4 Å². The molecule has 0 radical (unpaired) electrons. The van der Waals surface area contributed by atoms with Crippen molar-refractivity contribution < 1.29 is 24.3 Å². The summed E-state index contributed by atoms with van der Waals surface area (Å²) in [4.78, 5) is 33.1. The molecule has 1 aromatic carbocycles. The number of likely N-dealkylation sites (N-methyl/N-ethyl adjacent to an activating group) is 1. The van der Waals surface area contributed by atoms with Gasteiger partial charge in [-0.2, -0.15) is 0 Å². The molecule has 1 aliphatic rings. The van der Waals surface area contributed by atoms with Crippen LogP contribution in [0.1, 0.15) is 50.4 Å². The minimum absolute atomic E-state index is 0.000922. The Bertz CT molecular complexity index is 1050. The number of carbonyl (C=O) groups is 2. The molecular weight excluding hydrogens is 430 g/mol. The molecule has 1 unspecified atom stereocenters. The molecule has 0 spiro atoms. The van der Waals surface area contributed by atoms with Crippen molar-refractivity contribution in [3.05, 3.63) is 65.0 Å². The Morgan fingerprint density at radius 3 is 2.41 bits per heavy atom. The average molecular weight is 466 g/mol. The topological polar surface area (TPSA) is 87.0 Å². The summed E-state index contributed by atoms with van der Waals surface area (Å²) in [5.74, 6) is -0.678. The van der Waals surface area contributed by atoms with E-state index in [0.717, 1.165) is 18.7 Å². The number of nitrogens with zero attached hydrogens (tertiary/aromatic N) is 2. The molecule has 1 saturated heterocycles. The lowest BCUT2D eigenvalue weighted by atomic mass is 9.95. The summed E-state index contributed by atoms with van der Waals surface area (Å²) in [6, 6.07) is 7.96. The molecule has 1 amide bonds. The summed E-state index contributed by atoms with van der Waals surface area (Å²) in [5.41, 5.74) is 1.90. The molecule has 2 aromatic rings. The summed E-state index contributed by atoms with van der Waals surface area (Å²) in [7, 11) is 0. The van der Waals surface area contributed by atoms with Crippen LogP contribution in [0, 0.1) is 12.8 Å². The van der Waals surface area contributed by atoms with Crippen LogP contribution in [0.15, 0.2) is 48.3 Å². The van der Waals surface area contributed by atoms with E-state index < -0.39 is 23.5 Å². The number of hydrogen-bond acceptors (Lipinski definition) is 5. The fraction of sp³-hybridized carbons (Fsp3) is 0.444. The van der Waals surface area contributed by atoms with Gasteiger partial charge in [-0.15, -0.1) is 0 Å². The molecule has 1 aliphatic heterocycles. The largest absolute Gasteiger partial charge is 0.872 e. The zero-order chi connectivity index (χ0) is 24.8. The molecule has 0 bridgehead atoms. The van der Waals surface area contributed by atoms with Gasteiger partial charge < -0.3 is 19.6 Å². The maximum absolute atomic E-state index is 13.6. The molecule has 3 rings (SSSR count). The quantitative estimate of drug-likeness (QED) is 0.327. The highest BCUT2D eigenvalue weighted by Crippen LogP contribution is 2.38. The SMILES string of the molecule is CC[NH+](CC)CCN1C(=O)C(=O)/C(=C(/[O-])c2ccc(OCC(C)C)c(C)c2)C1c1ccncc1. The van der Waals surface area contributed by atoms with Crippen LogP contribution in [0.3, 0.4) is 0 Å². The van der Waals surface area contributed by atoms with Gasteiger partial charge in [-0.25, -0.2) is 0 Å². The molecule has 7 nitrogen and oxygen atoms in total. The standard InChI is InChI=1S/C27H35N3O4/c1-6-29(7-2)14-15-30-24(20-10-12-28-13-11-20)23(26(32)27(30)33)25(31)21-8-9-22(19(5)16-21)34-17-18(3)4/h8-13,16,18,24,31H,6-7,14-15,17H2,1-5H3/b25-23+. The smallest absolute Gasteiger partial charge is 0.295 e. The molecule has 0 aliphatic carbocycles. The van der Waals surface area contributed by atoms with Crippen LogP contribution < -0.4 is 14.7 Å². The van der Waals surface area contributed by atoms with Crippen molar-refractivity contribution in [2.45, 2.75) is 40.7 Å². The molecule has 7 heteroatoms. The number of ether oxygens (including phenoxy) is 1. The van der Waals surface area contributed by atoms with Gasteiger partial charge in [-0.05, 0) is 67.6 Å². The van der Waals surface area contributed by atoms with Crippen molar-refractivity contribution in [3.63, 3.8) is 0 Å². The van der Waals surface area contributed by atoms with Gasteiger partial charge in [0.1, 0.15) is 5.75 Å². The molecular formula is C27H35N3O4. The van der Waals surface area contributed by atoms with Crippen LogP contribution in [-0.2, 0) is 9.59 Å². The minimum atomic E-state index is -0.723. The van der Waals surface area contributed by atoms with Crippen molar-refractivity contribution in [3.8, 4) is 5.75 Å². The zero-order valence-corrected chi connectivity index (χ0v) is 20.8. The van der Waals surface area contributed by atoms with Gasteiger partial charge in [0.05, 0.1) is 38.8 Å². The van der Waals surface area contributed by atoms with Crippen LogP contribution in [0.25, 0.3) is 5.76 Å². The molecule has 1 atom stereocenters. The third-order valence-corrected chi connectivity index (χ3v) is 6.27. The van der Waals surface area contributed by atoms with Gasteiger partial charge in [0, 0.05) is 18.0 Å². The Labute approximate surface area is 202 Å². The second-order valence-corrected chi connectivity index (χ2v) is 9.15. The molecule has 0 saturated carbocycles. The highest BCUT2D eigenvalue weighted by Gasteiger charge is 2.44. The number of rotatable bonds is 10. The number of ketones is 1. The van der Waals surface area contributed by atoms with Crippen molar-refractivity contribution in [2.24, 2.45) is 5.92 Å². The summed E-state index contributed by atoms with van der Waals surface area (Å²) in [5, 5.41) is 13.6. The van der Waals surface area contributed by atoms with E-state index in [1.54, 1.807) is 47.6 Å². The number of Topliss-reactive ketones (excluding diaryl/α,β-unsaturated/α-hetero) is 1. The van der Waals surface area contributed by atoms with Gasteiger partial charge in [0.15, 0.2) is 0 Å². The Hall–Kier alpha value is -3.19. The molecule has 34 heavy (non-hydrogen) atoms.